The summed E-state index contributed by atoms with van der Waals surface area (Å²) < 4.78 is 10.5. The summed E-state index contributed by atoms with van der Waals surface area (Å²) in [5, 5.41) is 4.02. The van der Waals surface area contributed by atoms with Crippen molar-refractivity contribution in [2.75, 3.05) is 13.2 Å². The summed E-state index contributed by atoms with van der Waals surface area (Å²) >= 11 is 0. The molecule has 5 nitrogen and oxygen atoms in total. The second-order valence-electron chi connectivity index (χ2n) is 4.27. The van der Waals surface area contributed by atoms with Crippen LogP contribution in [0.3, 0.4) is 0 Å². The highest BCUT2D eigenvalue weighted by atomic mass is 16.5. The molecule has 1 unspecified atom stereocenters. The molecule has 1 aromatic rings. The third-order valence-corrected chi connectivity index (χ3v) is 2.96. The Morgan fingerprint density at radius 1 is 1.44 bits per heavy atom. The molecule has 0 saturated carbocycles. The number of nitrogens with zero attached hydrogens (tertiary/aromatic N) is 2. The SMILES string of the molecule is CCCC(N)c1nc(C2CCOCC2)no1. The molecule has 90 valence electrons. The highest BCUT2D eigenvalue weighted by Gasteiger charge is 2.22. The normalized spacial score (nSPS) is 19.9. The van der Waals surface area contributed by atoms with E-state index in [0.717, 1.165) is 44.7 Å². The third kappa shape index (κ3) is 2.59. The summed E-state index contributed by atoms with van der Waals surface area (Å²) in [7, 11) is 0. The molecular formula is C11H19N3O2. The maximum absolute atomic E-state index is 5.93. The van der Waals surface area contributed by atoms with Crippen LogP contribution in [0.2, 0.25) is 0 Å². The topological polar surface area (TPSA) is 74.2 Å². The van der Waals surface area contributed by atoms with Crippen LogP contribution in [0.5, 0.6) is 0 Å². The first-order valence-corrected chi connectivity index (χ1v) is 5.98. The number of nitrogens with two attached hydrogens (primary N) is 1. The van der Waals surface area contributed by atoms with Gasteiger partial charge in [-0.05, 0) is 19.3 Å². The molecule has 0 spiro atoms. The van der Waals surface area contributed by atoms with Crippen LogP contribution < -0.4 is 5.73 Å². The fourth-order valence-corrected chi connectivity index (χ4v) is 1.95. The summed E-state index contributed by atoms with van der Waals surface area (Å²) in [5.74, 6) is 1.74. The van der Waals surface area contributed by atoms with E-state index in [1.54, 1.807) is 0 Å². The van der Waals surface area contributed by atoms with Gasteiger partial charge in [0.25, 0.3) is 0 Å². The summed E-state index contributed by atoms with van der Waals surface area (Å²) in [6.45, 7) is 3.67. The van der Waals surface area contributed by atoms with Gasteiger partial charge in [0.2, 0.25) is 5.89 Å². The Morgan fingerprint density at radius 3 is 2.88 bits per heavy atom. The van der Waals surface area contributed by atoms with Gasteiger partial charge in [-0.15, -0.1) is 0 Å². The summed E-state index contributed by atoms with van der Waals surface area (Å²) in [5.41, 5.74) is 5.93. The summed E-state index contributed by atoms with van der Waals surface area (Å²) in [6.07, 6.45) is 3.86. The molecule has 0 aromatic carbocycles. The molecule has 1 aromatic heterocycles. The minimum Gasteiger partial charge on any atom is -0.381 e. The van der Waals surface area contributed by atoms with Crippen LogP contribution in [-0.4, -0.2) is 23.4 Å². The van der Waals surface area contributed by atoms with Crippen LogP contribution in [0, 0.1) is 0 Å². The van der Waals surface area contributed by atoms with E-state index in [4.69, 9.17) is 15.0 Å². The van der Waals surface area contributed by atoms with Crippen molar-refractivity contribution < 1.29 is 9.26 Å². The van der Waals surface area contributed by atoms with Crippen molar-refractivity contribution in [3.05, 3.63) is 11.7 Å². The fraction of sp³-hybridized carbons (Fsp3) is 0.818. The molecular weight excluding hydrogens is 206 g/mol. The molecule has 1 fully saturated rings. The van der Waals surface area contributed by atoms with Gasteiger partial charge in [-0.3, -0.25) is 0 Å². The molecule has 1 atom stereocenters. The average molecular weight is 225 g/mol. The molecule has 2 rings (SSSR count). The Hall–Kier alpha value is -0.940. The Labute approximate surface area is 95.3 Å². The standard InChI is InChI=1S/C11H19N3O2/c1-2-3-9(12)11-13-10(14-16-11)8-4-6-15-7-5-8/h8-9H,2-7,12H2,1H3. The lowest BCUT2D eigenvalue weighted by Gasteiger charge is -2.18. The lowest BCUT2D eigenvalue weighted by Crippen LogP contribution is -2.15. The molecule has 5 heteroatoms. The third-order valence-electron chi connectivity index (χ3n) is 2.96. The van der Waals surface area contributed by atoms with Gasteiger partial charge in [0, 0.05) is 19.1 Å². The van der Waals surface area contributed by atoms with Crippen LogP contribution in [0.15, 0.2) is 4.52 Å². The van der Waals surface area contributed by atoms with E-state index in [9.17, 15) is 0 Å². The van der Waals surface area contributed by atoms with Crippen LogP contribution in [0.25, 0.3) is 0 Å². The van der Waals surface area contributed by atoms with Gasteiger partial charge < -0.3 is 15.0 Å². The van der Waals surface area contributed by atoms with Gasteiger partial charge in [-0.1, -0.05) is 18.5 Å². The lowest BCUT2D eigenvalue weighted by molar-refractivity contribution is 0.0830. The molecule has 0 radical (unpaired) electrons. The number of rotatable bonds is 4. The number of ether oxygens (including phenoxy) is 1. The Bertz CT molecular complexity index is 321. The van der Waals surface area contributed by atoms with Crippen LogP contribution in [-0.2, 0) is 4.74 Å². The zero-order chi connectivity index (χ0) is 11.4. The van der Waals surface area contributed by atoms with Crippen molar-refractivity contribution in [2.24, 2.45) is 5.73 Å². The summed E-state index contributed by atoms with van der Waals surface area (Å²) in [6, 6.07) is -0.119. The van der Waals surface area contributed by atoms with Gasteiger partial charge in [0.15, 0.2) is 5.82 Å². The average Bonchev–Trinajstić information content (AvgIpc) is 2.80. The highest BCUT2D eigenvalue weighted by molar-refractivity contribution is 4.98. The van der Waals surface area contributed by atoms with Crippen molar-refractivity contribution in [3.63, 3.8) is 0 Å². The smallest absolute Gasteiger partial charge is 0.243 e. The molecule has 1 saturated heterocycles. The van der Waals surface area contributed by atoms with Gasteiger partial charge >= 0.3 is 0 Å². The van der Waals surface area contributed by atoms with E-state index in [1.807, 2.05) is 0 Å². The van der Waals surface area contributed by atoms with Crippen LogP contribution in [0.4, 0.5) is 0 Å². The van der Waals surface area contributed by atoms with E-state index in [1.165, 1.54) is 0 Å². The molecule has 0 bridgehead atoms. The predicted molar refractivity (Wildman–Crippen MR) is 58.9 cm³/mol. The zero-order valence-corrected chi connectivity index (χ0v) is 9.69. The van der Waals surface area contributed by atoms with Gasteiger partial charge in [0.1, 0.15) is 0 Å². The van der Waals surface area contributed by atoms with Gasteiger partial charge in [-0.2, -0.15) is 4.98 Å². The van der Waals surface area contributed by atoms with Crippen molar-refractivity contribution >= 4 is 0 Å². The molecule has 2 N–H and O–H groups in total. The first-order valence-electron chi connectivity index (χ1n) is 5.98. The van der Waals surface area contributed by atoms with Crippen molar-refractivity contribution in [2.45, 2.75) is 44.6 Å². The maximum Gasteiger partial charge on any atom is 0.243 e. The quantitative estimate of drug-likeness (QED) is 0.845. The van der Waals surface area contributed by atoms with E-state index in [0.29, 0.717) is 11.8 Å². The lowest BCUT2D eigenvalue weighted by atomic mass is 10.00. The molecule has 16 heavy (non-hydrogen) atoms. The van der Waals surface area contributed by atoms with Crippen LogP contribution in [0.1, 0.15) is 56.3 Å². The van der Waals surface area contributed by atoms with E-state index in [-0.39, 0.29) is 6.04 Å². The van der Waals surface area contributed by atoms with Crippen molar-refractivity contribution in [1.82, 2.24) is 10.1 Å². The maximum atomic E-state index is 5.93. The number of hydrogen-bond donors (Lipinski definition) is 1. The second-order valence-corrected chi connectivity index (χ2v) is 4.27. The molecule has 1 aliphatic heterocycles. The largest absolute Gasteiger partial charge is 0.381 e. The highest BCUT2D eigenvalue weighted by Crippen LogP contribution is 2.25. The Balaban J connectivity index is 2.00. The van der Waals surface area contributed by atoms with Gasteiger partial charge in [0.05, 0.1) is 6.04 Å². The minimum absolute atomic E-state index is 0.119. The van der Waals surface area contributed by atoms with E-state index >= 15 is 0 Å². The minimum atomic E-state index is -0.119. The van der Waals surface area contributed by atoms with Gasteiger partial charge in [-0.25, -0.2) is 0 Å². The van der Waals surface area contributed by atoms with E-state index in [2.05, 4.69) is 17.1 Å². The number of hydrogen-bond acceptors (Lipinski definition) is 5. The molecule has 0 aliphatic carbocycles. The fourth-order valence-electron chi connectivity index (χ4n) is 1.95. The molecule has 1 aliphatic rings. The second kappa shape index (κ2) is 5.41. The predicted octanol–water partition coefficient (Wildman–Crippen LogP) is 1.76. The van der Waals surface area contributed by atoms with E-state index < -0.39 is 0 Å². The monoisotopic (exact) mass is 225 g/mol. The first-order chi connectivity index (χ1) is 7.81. The molecule has 0 amide bonds. The summed E-state index contributed by atoms with van der Waals surface area (Å²) in [4.78, 5) is 4.39. The Kier molecular flexibility index (Phi) is 3.90. The molecule has 2 heterocycles. The zero-order valence-electron chi connectivity index (χ0n) is 9.69. The van der Waals surface area contributed by atoms with Crippen LogP contribution >= 0.6 is 0 Å². The van der Waals surface area contributed by atoms with Crippen molar-refractivity contribution in [3.8, 4) is 0 Å². The Morgan fingerprint density at radius 2 is 2.19 bits per heavy atom. The first kappa shape index (κ1) is 11.5. The van der Waals surface area contributed by atoms with Crippen molar-refractivity contribution in [1.29, 1.82) is 0 Å². The number of aromatic nitrogens is 2.